The number of nitrogens with one attached hydrogen (secondary N) is 1. The molecule has 2 aliphatic rings. The van der Waals surface area contributed by atoms with E-state index in [9.17, 15) is 9.18 Å². The van der Waals surface area contributed by atoms with Gasteiger partial charge in [-0.3, -0.25) is 4.79 Å². The van der Waals surface area contributed by atoms with Crippen molar-refractivity contribution in [3.63, 3.8) is 0 Å². The quantitative estimate of drug-likeness (QED) is 0.873. The van der Waals surface area contributed by atoms with Gasteiger partial charge in [0.25, 0.3) is 0 Å². The standard InChI is InChI=1S/C20H20ClFN2O2/c1-26-14-5-7-24(8-6-14)17-4-2-3-15(19(17)21)12-9-13-11-18(25)23-20(13)16(22)10-12/h2-4,9-10,14H,5-8,11H2,1H3,(H,23,25). The Morgan fingerprint density at radius 1 is 1.27 bits per heavy atom. The lowest BCUT2D eigenvalue weighted by atomic mass is 9.99. The summed E-state index contributed by atoms with van der Waals surface area (Å²) in [5.41, 5.74) is 3.38. The first-order chi connectivity index (χ1) is 12.6. The summed E-state index contributed by atoms with van der Waals surface area (Å²) in [5, 5.41) is 3.18. The molecule has 1 saturated heterocycles. The van der Waals surface area contributed by atoms with Crippen LogP contribution in [0.4, 0.5) is 15.8 Å². The first-order valence-corrected chi connectivity index (χ1v) is 9.13. The molecule has 4 rings (SSSR count). The number of ether oxygens (including phenoxy) is 1. The molecule has 2 aliphatic heterocycles. The van der Waals surface area contributed by atoms with E-state index in [1.54, 1.807) is 7.11 Å². The van der Waals surface area contributed by atoms with Crippen molar-refractivity contribution in [3.05, 3.63) is 46.7 Å². The lowest BCUT2D eigenvalue weighted by Crippen LogP contribution is -2.36. The number of nitrogens with zero attached hydrogens (tertiary/aromatic N) is 1. The summed E-state index contributed by atoms with van der Waals surface area (Å²) in [6.45, 7) is 1.75. The average Bonchev–Trinajstić information content (AvgIpc) is 3.03. The van der Waals surface area contributed by atoms with Crippen molar-refractivity contribution in [2.75, 3.05) is 30.4 Å². The highest BCUT2D eigenvalue weighted by molar-refractivity contribution is 6.36. The second-order valence-electron chi connectivity index (χ2n) is 6.78. The Labute approximate surface area is 156 Å². The number of rotatable bonds is 3. The van der Waals surface area contributed by atoms with E-state index in [-0.39, 0.29) is 18.0 Å². The van der Waals surface area contributed by atoms with E-state index in [0.29, 0.717) is 22.3 Å². The normalized spacial score (nSPS) is 17.3. The summed E-state index contributed by atoms with van der Waals surface area (Å²) < 4.78 is 19.8. The first kappa shape index (κ1) is 17.3. The van der Waals surface area contributed by atoms with Crippen LogP contribution in [0.15, 0.2) is 30.3 Å². The van der Waals surface area contributed by atoms with Gasteiger partial charge in [-0.15, -0.1) is 0 Å². The summed E-state index contributed by atoms with van der Waals surface area (Å²) in [7, 11) is 1.75. The van der Waals surface area contributed by atoms with E-state index in [4.69, 9.17) is 16.3 Å². The Morgan fingerprint density at radius 2 is 2.04 bits per heavy atom. The van der Waals surface area contributed by atoms with Crippen LogP contribution in [-0.2, 0) is 16.0 Å². The lowest BCUT2D eigenvalue weighted by Gasteiger charge is -2.33. The Hall–Kier alpha value is -2.11. The van der Waals surface area contributed by atoms with Gasteiger partial charge in [0.05, 0.1) is 28.9 Å². The molecule has 1 N–H and O–H groups in total. The van der Waals surface area contributed by atoms with Crippen LogP contribution < -0.4 is 10.2 Å². The predicted molar refractivity (Wildman–Crippen MR) is 101 cm³/mol. The molecule has 2 heterocycles. The molecule has 0 saturated carbocycles. The van der Waals surface area contributed by atoms with Gasteiger partial charge < -0.3 is 15.0 Å². The molecule has 26 heavy (non-hydrogen) atoms. The summed E-state index contributed by atoms with van der Waals surface area (Å²) in [4.78, 5) is 13.8. The molecule has 6 heteroatoms. The number of fused-ring (bicyclic) bond motifs is 1. The smallest absolute Gasteiger partial charge is 0.228 e. The fourth-order valence-corrected chi connectivity index (χ4v) is 4.13. The van der Waals surface area contributed by atoms with Gasteiger partial charge in [0.15, 0.2) is 0 Å². The summed E-state index contributed by atoms with van der Waals surface area (Å²) >= 11 is 6.70. The number of hydrogen-bond donors (Lipinski definition) is 1. The van der Waals surface area contributed by atoms with Gasteiger partial charge in [0, 0.05) is 25.8 Å². The van der Waals surface area contributed by atoms with Gasteiger partial charge in [-0.05, 0) is 42.2 Å². The van der Waals surface area contributed by atoms with Gasteiger partial charge in [-0.25, -0.2) is 4.39 Å². The summed E-state index contributed by atoms with van der Waals surface area (Å²) in [6, 6.07) is 9.10. The molecular weight excluding hydrogens is 355 g/mol. The highest BCUT2D eigenvalue weighted by Crippen LogP contribution is 2.39. The maximum atomic E-state index is 14.4. The first-order valence-electron chi connectivity index (χ1n) is 8.75. The van der Waals surface area contributed by atoms with Gasteiger partial charge >= 0.3 is 0 Å². The number of piperidine rings is 1. The molecule has 0 spiro atoms. The van der Waals surface area contributed by atoms with E-state index in [2.05, 4.69) is 10.2 Å². The molecule has 136 valence electrons. The second kappa shape index (κ2) is 6.89. The Morgan fingerprint density at radius 3 is 2.77 bits per heavy atom. The molecule has 2 aromatic rings. The third-order valence-electron chi connectivity index (χ3n) is 5.19. The lowest BCUT2D eigenvalue weighted by molar-refractivity contribution is -0.115. The second-order valence-corrected chi connectivity index (χ2v) is 7.16. The fraction of sp³-hybridized carbons (Fsp3) is 0.350. The van der Waals surface area contributed by atoms with Gasteiger partial charge in [0.1, 0.15) is 5.82 Å². The van der Waals surface area contributed by atoms with Crippen molar-refractivity contribution in [1.29, 1.82) is 0 Å². The summed E-state index contributed by atoms with van der Waals surface area (Å²) in [5.74, 6) is -0.609. The van der Waals surface area contributed by atoms with Gasteiger partial charge in [0.2, 0.25) is 5.91 Å². The van der Waals surface area contributed by atoms with Crippen molar-refractivity contribution >= 4 is 28.9 Å². The Kier molecular flexibility index (Phi) is 4.59. The monoisotopic (exact) mass is 374 g/mol. The van der Waals surface area contributed by atoms with Crippen LogP contribution in [0.2, 0.25) is 5.02 Å². The van der Waals surface area contributed by atoms with Crippen LogP contribution in [0.1, 0.15) is 18.4 Å². The number of hydrogen-bond acceptors (Lipinski definition) is 3. The molecule has 0 atom stereocenters. The van der Waals surface area contributed by atoms with Crippen LogP contribution >= 0.6 is 11.6 Å². The minimum Gasteiger partial charge on any atom is -0.381 e. The van der Waals surface area contributed by atoms with Crippen molar-refractivity contribution in [2.24, 2.45) is 0 Å². The SMILES string of the molecule is COC1CCN(c2cccc(-c3cc(F)c4c(c3)CC(=O)N4)c2Cl)CC1. The third-order valence-corrected chi connectivity index (χ3v) is 5.59. The molecule has 0 radical (unpaired) electrons. The van der Waals surface area contributed by atoms with Crippen LogP contribution in [-0.4, -0.2) is 32.2 Å². The van der Waals surface area contributed by atoms with E-state index in [1.165, 1.54) is 6.07 Å². The van der Waals surface area contributed by atoms with Crippen molar-refractivity contribution in [3.8, 4) is 11.1 Å². The number of anilines is 2. The summed E-state index contributed by atoms with van der Waals surface area (Å²) in [6.07, 6.45) is 2.41. The van der Waals surface area contributed by atoms with Crippen LogP contribution in [0.3, 0.4) is 0 Å². The van der Waals surface area contributed by atoms with Crippen molar-refractivity contribution in [2.45, 2.75) is 25.4 Å². The zero-order valence-electron chi connectivity index (χ0n) is 14.5. The van der Waals surface area contributed by atoms with Crippen molar-refractivity contribution < 1.29 is 13.9 Å². The highest BCUT2D eigenvalue weighted by Gasteiger charge is 2.24. The predicted octanol–water partition coefficient (Wildman–Crippen LogP) is 4.26. The van der Waals surface area contributed by atoms with Crippen LogP contribution in [0, 0.1) is 5.82 Å². The Bertz CT molecular complexity index is 863. The topological polar surface area (TPSA) is 41.6 Å². The van der Waals surface area contributed by atoms with Crippen molar-refractivity contribution in [1.82, 2.24) is 0 Å². The molecule has 1 fully saturated rings. The van der Waals surface area contributed by atoms with Gasteiger partial charge in [-0.1, -0.05) is 23.7 Å². The largest absolute Gasteiger partial charge is 0.381 e. The zero-order valence-corrected chi connectivity index (χ0v) is 15.3. The molecule has 0 unspecified atom stereocenters. The van der Waals surface area contributed by atoms with E-state index in [0.717, 1.165) is 37.2 Å². The third kappa shape index (κ3) is 3.06. The van der Waals surface area contributed by atoms with E-state index >= 15 is 0 Å². The Balaban J connectivity index is 1.68. The maximum Gasteiger partial charge on any atom is 0.228 e. The molecule has 0 aromatic heterocycles. The molecule has 0 aliphatic carbocycles. The number of methoxy groups -OCH3 is 1. The average molecular weight is 375 g/mol. The number of halogens is 2. The number of amides is 1. The minimum absolute atomic E-state index is 0.183. The zero-order chi connectivity index (χ0) is 18.3. The van der Waals surface area contributed by atoms with Gasteiger partial charge in [-0.2, -0.15) is 0 Å². The van der Waals surface area contributed by atoms with E-state index < -0.39 is 5.82 Å². The molecule has 4 nitrogen and oxygen atoms in total. The van der Waals surface area contributed by atoms with Crippen LogP contribution in [0.25, 0.3) is 11.1 Å². The van der Waals surface area contributed by atoms with Crippen LogP contribution in [0.5, 0.6) is 0 Å². The van der Waals surface area contributed by atoms with E-state index in [1.807, 2.05) is 24.3 Å². The number of carbonyl (C=O) groups excluding carboxylic acids is 1. The number of benzene rings is 2. The molecular formula is C20H20ClFN2O2. The molecule has 0 bridgehead atoms. The molecule has 1 amide bonds. The fourth-order valence-electron chi connectivity index (χ4n) is 3.77. The maximum absolute atomic E-state index is 14.4. The number of carbonyl (C=O) groups is 1. The minimum atomic E-state index is -0.425. The highest BCUT2D eigenvalue weighted by atomic mass is 35.5. The molecule has 2 aromatic carbocycles.